The van der Waals surface area contributed by atoms with E-state index in [1.165, 1.54) is 5.56 Å². The Morgan fingerprint density at radius 2 is 1.91 bits per heavy atom. The van der Waals surface area contributed by atoms with Crippen LogP contribution < -0.4 is 20.3 Å². The summed E-state index contributed by atoms with van der Waals surface area (Å²) in [5.74, 6) is 0.992. The number of benzene rings is 2. The second-order valence-corrected chi connectivity index (χ2v) is 8.87. The summed E-state index contributed by atoms with van der Waals surface area (Å²) >= 11 is 0. The van der Waals surface area contributed by atoms with Crippen molar-refractivity contribution in [2.75, 3.05) is 25.1 Å². The van der Waals surface area contributed by atoms with Gasteiger partial charge >= 0.3 is 0 Å². The number of halogens is 2. The highest BCUT2D eigenvalue weighted by atomic mass is 35.5. The van der Waals surface area contributed by atoms with E-state index in [4.69, 9.17) is 4.74 Å². The van der Waals surface area contributed by atoms with Crippen LogP contribution in [0.1, 0.15) is 56.3 Å². The first kappa shape index (κ1) is 26.5. The summed E-state index contributed by atoms with van der Waals surface area (Å²) in [4.78, 5) is 14.5. The molecule has 4 rings (SSSR count). The molecule has 2 aliphatic heterocycles. The van der Waals surface area contributed by atoms with E-state index in [9.17, 15) is 4.79 Å². The molecule has 1 amide bonds. The molecular weight excluding hydrogens is 445 g/mol. The molecule has 0 aromatic heterocycles. The van der Waals surface area contributed by atoms with Gasteiger partial charge < -0.3 is 20.3 Å². The fourth-order valence-corrected chi connectivity index (χ4v) is 4.82. The molecular formula is C25H35Cl2N3O2. The Hall–Kier alpha value is -1.79. The monoisotopic (exact) mass is 479 g/mol. The summed E-state index contributed by atoms with van der Waals surface area (Å²) in [5, 5.41) is 7.47. The van der Waals surface area contributed by atoms with Crippen LogP contribution >= 0.6 is 24.8 Å². The van der Waals surface area contributed by atoms with E-state index in [-0.39, 0.29) is 30.7 Å². The number of hydrogen-bond acceptors (Lipinski definition) is 4. The molecule has 32 heavy (non-hydrogen) atoms. The highest BCUT2D eigenvalue weighted by Crippen LogP contribution is 2.44. The lowest BCUT2D eigenvalue weighted by Gasteiger charge is -2.34. The molecule has 2 aromatic rings. The molecule has 2 aromatic carbocycles. The van der Waals surface area contributed by atoms with E-state index in [0.717, 1.165) is 42.0 Å². The van der Waals surface area contributed by atoms with Crippen LogP contribution in [0.25, 0.3) is 0 Å². The van der Waals surface area contributed by atoms with Gasteiger partial charge in [-0.1, -0.05) is 30.3 Å². The number of piperidine rings is 1. The first-order chi connectivity index (χ1) is 14.4. The number of amides is 1. The second-order valence-electron chi connectivity index (χ2n) is 8.87. The van der Waals surface area contributed by atoms with Gasteiger partial charge in [-0.3, -0.25) is 4.79 Å². The first-order valence-corrected chi connectivity index (χ1v) is 11.0. The van der Waals surface area contributed by atoms with Crippen molar-refractivity contribution in [3.8, 4) is 5.75 Å². The Bertz CT molecular complexity index is 921. The molecule has 0 aliphatic carbocycles. The van der Waals surface area contributed by atoms with Crippen LogP contribution in [0.4, 0.5) is 5.69 Å². The third kappa shape index (κ3) is 4.91. The molecule has 2 unspecified atom stereocenters. The normalized spacial score (nSPS) is 21.4. The molecule has 7 heteroatoms. The number of ether oxygens (including phenoxy) is 1. The van der Waals surface area contributed by atoms with Crippen LogP contribution in [-0.2, 0) is 16.8 Å². The van der Waals surface area contributed by atoms with Crippen LogP contribution in [0.3, 0.4) is 0 Å². The highest BCUT2D eigenvalue weighted by molar-refractivity contribution is 6.07. The Morgan fingerprint density at radius 1 is 1.19 bits per heavy atom. The number of carbonyl (C=O) groups excluding carboxylic acids is 1. The quantitative estimate of drug-likeness (QED) is 0.626. The van der Waals surface area contributed by atoms with E-state index >= 15 is 0 Å². The summed E-state index contributed by atoms with van der Waals surface area (Å²) < 4.78 is 5.97. The molecule has 0 bridgehead atoms. The third-order valence-corrected chi connectivity index (χ3v) is 6.52. The van der Waals surface area contributed by atoms with Crippen LogP contribution in [0.5, 0.6) is 5.75 Å². The Kier molecular flexibility index (Phi) is 9.00. The van der Waals surface area contributed by atoms with E-state index in [2.05, 4.69) is 47.0 Å². The first-order valence-electron chi connectivity index (χ1n) is 11.0. The average Bonchev–Trinajstić information content (AvgIpc) is 2.93. The van der Waals surface area contributed by atoms with E-state index in [1.54, 1.807) is 4.90 Å². The van der Waals surface area contributed by atoms with Crippen molar-refractivity contribution in [2.45, 2.75) is 57.7 Å². The van der Waals surface area contributed by atoms with Crippen molar-refractivity contribution in [1.29, 1.82) is 0 Å². The highest BCUT2D eigenvalue weighted by Gasteiger charge is 2.43. The zero-order chi connectivity index (χ0) is 21.3. The van der Waals surface area contributed by atoms with Crippen molar-refractivity contribution in [1.82, 2.24) is 10.6 Å². The maximum Gasteiger partial charge on any atom is 0.236 e. The predicted molar refractivity (Wildman–Crippen MR) is 136 cm³/mol. The van der Waals surface area contributed by atoms with Gasteiger partial charge in [0.1, 0.15) is 5.75 Å². The molecule has 0 spiro atoms. The number of likely N-dealkylation sites (N-methyl/N-ethyl adjacent to an activating group) is 1. The van der Waals surface area contributed by atoms with Gasteiger partial charge in [-0.05, 0) is 57.4 Å². The summed E-state index contributed by atoms with van der Waals surface area (Å²) in [6.45, 7) is 8.37. The minimum absolute atomic E-state index is 0. The molecule has 1 fully saturated rings. The maximum absolute atomic E-state index is 12.7. The molecule has 0 radical (unpaired) electrons. The van der Waals surface area contributed by atoms with Crippen LogP contribution in [0.2, 0.25) is 0 Å². The summed E-state index contributed by atoms with van der Waals surface area (Å²) in [6.07, 6.45) is 2.30. The third-order valence-electron chi connectivity index (χ3n) is 6.52. The van der Waals surface area contributed by atoms with Crippen molar-refractivity contribution in [3.63, 3.8) is 0 Å². The molecule has 5 nitrogen and oxygen atoms in total. The van der Waals surface area contributed by atoms with Gasteiger partial charge in [-0.2, -0.15) is 0 Å². The fourth-order valence-electron chi connectivity index (χ4n) is 4.82. The number of fused-ring (bicyclic) bond motifs is 1. The molecule has 2 heterocycles. The summed E-state index contributed by atoms with van der Waals surface area (Å²) in [7, 11) is 1.85. The van der Waals surface area contributed by atoms with Crippen LogP contribution in [-0.4, -0.2) is 32.1 Å². The Morgan fingerprint density at radius 3 is 2.59 bits per heavy atom. The van der Waals surface area contributed by atoms with E-state index < -0.39 is 5.41 Å². The van der Waals surface area contributed by atoms with Crippen molar-refractivity contribution in [2.24, 2.45) is 0 Å². The van der Waals surface area contributed by atoms with Crippen molar-refractivity contribution >= 4 is 36.4 Å². The zero-order valence-electron chi connectivity index (χ0n) is 19.3. The molecule has 2 N–H and O–H groups in total. The number of nitrogens with one attached hydrogen (secondary N) is 2. The number of anilines is 1. The van der Waals surface area contributed by atoms with E-state index in [0.29, 0.717) is 25.2 Å². The van der Waals surface area contributed by atoms with Crippen molar-refractivity contribution in [3.05, 3.63) is 59.2 Å². The Labute approximate surface area is 204 Å². The topological polar surface area (TPSA) is 53.6 Å². The van der Waals surface area contributed by atoms with Gasteiger partial charge in [0.05, 0.1) is 17.7 Å². The number of rotatable bonds is 6. The zero-order valence-corrected chi connectivity index (χ0v) is 20.9. The fraction of sp³-hybridized carbons (Fsp3) is 0.480. The van der Waals surface area contributed by atoms with Gasteiger partial charge in [-0.25, -0.2) is 0 Å². The Balaban J connectivity index is 0.00000181. The number of hydrogen-bond donors (Lipinski definition) is 2. The lowest BCUT2D eigenvalue weighted by molar-refractivity contribution is -0.121. The van der Waals surface area contributed by atoms with E-state index in [1.807, 2.05) is 33.9 Å². The lowest BCUT2D eigenvalue weighted by atomic mass is 9.85. The van der Waals surface area contributed by atoms with Crippen molar-refractivity contribution < 1.29 is 9.53 Å². The lowest BCUT2D eigenvalue weighted by Crippen LogP contribution is -2.45. The maximum atomic E-state index is 12.7. The molecule has 2 aliphatic rings. The minimum Gasteiger partial charge on any atom is -0.493 e. The largest absolute Gasteiger partial charge is 0.493 e. The summed E-state index contributed by atoms with van der Waals surface area (Å²) in [6, 6.07) is 15.5. The number of nitrogens with zero attached hydrogens (tertiary/aromatic N) is 1. The predicted octanol–water partition coefficient (Wildman–Crippen LogP) is 4.77. The SMILES string of the molecule is CCOc1cc2c(cc1CNC1CCCNC1c1ccccc1)C(C)(C)C(=O)N2C.Cl.Cl. The van der Waals surface area contributed by atoms with Gasteiger partial charge in [0.15, 0.2) is 0 Å². The van der Waals surface area contributed by atoms with Gasteiger partial charge in [0.2, 0.25) is 5.91 Å². The second kappa shape index (κ2) is 10.9. The standard InChI is InChI=1S/C25H33N3O2.2ClH/c1-5-30-22-15-21-19(25(2,3)24(29)28(21)4)14-18(22)16-27-20-12-9-13-26-23(20)17-10-7-6-8-11-17;;/h6-8,10-11,14-15,20,23,26-27H,5,9,12-13,16H2,1-4H3;2*1H. The van der Waals surface area contributed by atoms with Gasteiger partial charge in [-0.15, -0.1) is 24.8 Å². The molecule has 2 atom stereocenters. The molecule has 0 saturated carbocycles. The smallest absolute Gasteiger partial charge is 0.236 e. The minimum atomic E-state index is -0.511. The molecule has 176 valence electrons. The van der Waals surface area contributed by atoms with Crippen LogP contribution in [0.15, 0.2) is 42.5 Å². The van der Waals surface area contributed by atoms with Gasteiger partial charge in [0, 0.05) is 37.3 Å². The van der Waals surface area contributed by atoms with Crippen LogP contribution in [0, 0.1) is 0 Å². The van der Waals surface area contributed by atoms with Gasteiger partial charge in [0.25, 0.3) is 0 Å². The number of carbonyl (C=O) groups is 1. The molecule has 1 saturated heterocycles. The average molecular weight is 480 g/mol. The summed E-state index contributed by atoms with van der Waals surface area (Å²) in [5.41, 5.74) is 3.96.